The number of carbonyl (C=O) groups is 3. The maximum absolute atomic E-state index is 14.6. The molecule has 2 aliphatic carbocycles. The van der Waals surface area contributed by atoms with E-state index in [4.69, 9.17) is 19.2 Å². The molecule has 2 aliphatic heterocycles. The predicted octanol–water partition coefficient (Wildman–Crippen LogP) is 6.55. The number of aromatic nitrogens is 1. The van der Waals surface area contributed by atoms with Gasteiger partial charge in [0.25, 0.3) is 0 Å². The molecule has 1 aromatic heterocycles. The number of rotatable bonds is 7. The number of hydrogen-bond acceptors (Lipinski definition) is 8. The van der Waals surface area contributed by atoms with E-state index in [1.54, 1.807) is 7.11 Å². The van der Waals surface area contributed by atoms with Crippen LogP contribution in [0.5, 0.6) is 11.5 Å². The van der Waals surface area contributed by atoms with Gasteiger partial charge in [0.1, 0.15) is 41.1 Å². The van der Waals surface area contributed by atoms with Crippen molar-refractivity contribution in [1.29, 1.82) is 0 Å². The molecule has 3 unspecified atom stereocenters. The Labute approximate surface area is 310 Å². The molecular weight excluding hydrogens is 695 g/mol. The summed E-state index contributed by atoms with van der Waals surface area (Å²) >= 11 is 0. The van der Waals surface area contributed by atoms with E-state index in [-0.39, 0.29) is 25.0 Å². The highest BCUT2D eigenvalue weighted by atomic mass is 31.2. The highest BCUT2D eigenvalue weighted by molar-refractivity contribution is 7.59. The molecule has 0 bridgehead atoms. The molecule has 0 spiro atoms. The Bertz CT molecular complexity index is 1910. The molecule has 282 valence electrons. The summed E-state index contributed by atoms with van der Waals surface area (Å²) in [6.45, 7) is 1.34. The number of ether oxygens (including phenoxy) is 3. The first kappa shape index (κ1) is 36.9. The Morgan fingerprint density at radius 2 is 1.79 bits per heavy atom. The molecule has 3 N–H and O–H groups in total. The molecule has 12 nitrogen and oxygen atoms in total. The molecule has 3 heterocycles. The van der Waals surface area contributed by atoms with Gasteiger partial charge in [0.2, 0.25) is 19.2 Å². The van der Waals surface area contributed by atoms with Crippen LogP contribution in [0.25, 0.3) is 22.2 Å². The summed E-state index contributed by atoms with van der Waals surface area (Å²) in [5.41, 5.74) is 2.23. The summed E-state index contributed by atoms with van der Waals surface area (Å²) in [5, 5.41) is 5.22. The van der Waals surface area contributed by atoms with Gasteiger partial charge < -0.3 is 34.6 Å². The highest BCUT2D eigenvalue weighted by Crippen LogP contribution is 2.67. The Kier molecular flexibility index (Phi) is 10.8. The number of nitrogens with zero attached hydrogens (tertiary/aromatic N) is 2. The highest BCUT2D eigenvalue weighted by Gasteiger charge is 2.64. The fourth-order valence-electron chi connectivity index (χ4n) is 8.08. The molecule has 1 saturated heterocycles. The zero-order valence-corrected chi connectivity index (χ0v) is 31.3. The number of benzene rings is 2. The van der Waals surface area contributed by atoms with E-state index in [0.29, 0.717) is 42.0 Å². The van der Waals surface area contributed by atoms with Crippen molar-refractivity contribution in [3.05, 3.63) is 66.7 Å². The van der Waals surface area contributed by atoms with Crippen molar-refractivity contribution in [3.63, 3.8) is 0 Å². The number of alkyl carbamates (subject to hydrolysis) is 1. The smallest absolute Gasteiger partial charge is 0.408 e. The number of nitrogens with one attached hydrogen (secondary N) is 2. The van der Waals surface area contributed by atoms with E-state index in [9.17, 15) is 23.8 Å². The van der Waals surface area contributed by atoms with Gasteiger partial charge in [0.05, 0.1) is 24.9 Å². The third-order valence-electron chi connectivity index (χ3n) is 11.2. The van der Waals surface area contributed by atoms with E-state index in [2.05, 4.69) is 10.6 Å². The maximum atomic E-state index is 14.6. The van der Waals surface area contributed by atoms with Crippen molar-refractivity contribution in [1.82, 2.24) is 20.5 Å². The first-order chi connectivity index (χ1) is 25.5. The van der Waals surface area contributed by atoms with Gasteiger partial charge in [0, 0.05) is 42.1 Å². The van der Waals surface area contributed by atoms with Gasteiger partial charge in [-0.3, -0.25) is 14.2 Å². The summed E-state index contributed by atoms with van der Waals surface area (Å²) in [6, 6.07) is 15.2. The fourth-order valence-corrected chi connectivity index (χ4v) is 9.63. The Balaban J connectivity index is 1.21. The maximum Gasteiger partial charge on any atom is 0.408 e. The lowest BCUT2D eigenvalue weighted by atomic mass is 10.0. The van der Waals surface area contributed by atoms with Crippen molar-refractivity contribution in [2.75, 3.05) is 20.3 Å². The predicted molar refractivity (Wildman–Crippen MR) is 201 cm³/mol. The van der Waals surface area contributed by atoms with E-state index in [0.717, 1.165) is 55.9 Å². The van der Waals surface area contributed by atoms with Gasteiger partial charge in [-0.1, -0.05) is 55.3 Å². The first-order valence-electron chi connectivity index (χ1n) is 18.8. The van der Waals surface area contributed by atoms with Crippen LogP contribution in [0.3, 0.4) is 0 Å². The van der Waals surface area contributed by atoms with E-state index in [1.165, 1.54) is 11.6 Å². The van der Waals surface area contributed by atoms with Crippen LogP contribution < -0.4 is 20.1 Å². The van der Waals surface area contributed by atoms with Crippen LogP contribution in [-0.4, -0.2) is 82.6 Å². The zero-order chi connectivity index (χ0) is 37.2. The standard InChI is InChI=1S/C40H49N4O8P/c1-50-29-19-20-31-34(21-29)41-33(26-13-7-6-8-14-26)23-36(31)51-30-22-35-37(45)43-40(53(2,48)49)24-27(40)15-9-4-3-5-10-18-32(38(46)44(35)25-30)42-39(47)52-28-16-11-12-17-28/h6-9,13-15,19-21,23,27-28,30,32,35H,3-5,10-12,16-18,22,24-25H2,1-2H3,(H,42,47)(H,43,45)(H,48,49)/t27?,30-,32+,35?,40+/m1/s1. The summed E-state index contributed by atoms with van der Waals surface area (Å²) in [7, 11) is -2.20. The molecule has 3 amide bonds. The van der Waals surface area contributed by atoms with E-state index < -0.39 is 48.7 Å². The van der Waals surface area contributed by atoms with Crippen molar-refractivity contribution < 1.29 is 38.1 Å². The number of amides is 3. The van der Waals surface area contributed by atoms with Crippen LogP contribution in [0.4, 0.5) is 4.79 Å². The van der Waals surface area contributed by atoms with Crippen LogP contribution in [0, 0.1) is 5.92 Å². The van der Waals surface area contributed by atoms with Gasteiger partial charge >= 0.3 is 6.09 Å². The normalized spacial score (nSPS) is 27.8. The van der Waals surface area contributed by atoms with Crippen LogP contribution in [0.1, 0.15) is 70.6 Å². The van der Waals surface area contributed by atoms with Crippen molar-refractivity contribution >= 4 is 36.2 Å². The molecule has 0 radical (unpaired) electrons. The van der Waals surface area contributed by atoms with Crippen LogP contribution >= 0.6 is 7.37 Å². The molecular formula is C40H49N4O8P. The van der Waals surface area contributed by atoms with Crippen molar-refractivity contribution in [3.8, 4) is 22.8 Å². The molecule has 13 heteroatoms. The largest absolute Gasteiger partial charge is 0.497 e. The average Bonchev–Trinajstić information content (AvgIpc) is 3.41. The quantitative estimate of drug-likeness (QED) is 0.180. The third kappa shape index (κ3) is 8.09. The second-order valence-corrected chi connectivity index (χ2v) is 17.5. The van der Waals surface area contributed by atoms with Crippen LogP contribution in [0.15, 0.2) is 66.7 Å². The first-order valence-corrected chi connectivity index (χ1v) is 20.9. The van der Waals surface area contributed by atoms with Gasteiger partial charge in [-0.2, -0.15) is 0 Å². The van der Waals surface area contributed by atoms with Crippen LogP contribution in [-0.2, 0) is 18.9 Å². The molecule has 6 atom stereocenters. The van der Waals surface area contributed by atoms with Crippen molar-refractivity contribution in [2.24, 2.45) is 5.92 Å². The Hall–Kier alpha value is -4.41. The summed E-state index contributed by atoms with van der Waals surface area (Å²) in [6.07, 6.45) is 10.1. The summed E-state index contributed by atoms with van der Waals surface area (Å²) in [4.78, 5) is 59.2. The molecule has 7 rings (SSSR count). The minimum atomic E-state index is -3.80. The van der Waals surface area contributed by atoms with Crippen LogP contribution in [0.2, 0.25) is 0 Å². The average molecular weight is 745 g/mol. The molecule has 3 fully saturated rings. The molecule has 53 heavy (non-hydrogen) atoms. The van der Waals surface area contributed by atoms with Gasteiger partial charge in [-0.25, -0.2) is 9.78 Å². The minimum absolute atomic E-state index is 0.0622. The second kappa shape index (κ2) is 15.5. The molecule has 2 saturated carbocycles. The number of allylic oxidation sites excluding steroid dienone is 1. The second-order valence-electron chi connectivity index (χ2n) is 14.9. The van der Waals surface area contributed by atoms with Gasteiger partial charge in [-0.05, 0) is 63.5 Å². The summed E-state index contributed by atoms with van der Waals surface area (Å²) < 4.78 is 31.2. The van der Waals surface area contributed by atoms with Gasteiger partial charge in [0.15, 0.2) is 0 Å². The van der Waals surface area contributed by atoms with E-state index >= 15 is 0 Å². The number of fused-ring (bicyclic) bond motifs is 3. The molecule has 2 aromatic carbocycles. The number of carbonyl (C=O) groups excluding carboxylic acids is 3. The number of pyridine rings is 1. The molecule has 3 aromatic rings. The van der Waals surface area contributed by atoms with E-state index in [1.807, 2.05) is 66.7 Å². The number of hydrogen-bond donors (Lipinski definition) is 3. The molecule has 4 aliphatic rings. The van der Waals surface area contributed by atoms with Gasteiger partial charge in [-0.15, -0.1) is 0 Å². The van der Waals surface area contributed by atoms with Crippen molar-refractivity contribution in [2.45, 2.75) is 100 Å². The minimum Gasteiger partial charge on any atom is -0.497 e. The fraction of sp³-hybridized carbons (Fsp3) is 0.500. The number of methoxy groups -OCH3 is 1. The lowest BCUT2D eigenvalue weighted by Gasteiger charge is -2.30. The third-order valence-corrected chi connectivity index (χ3v) is 13.3. The zero-order valence-electron chi connectivity index (χ0n) is 30.4. The monoisotopic (exact) mass is 744 g/mol. The lowest BCUT2D eigenvalue weighted by molar-refractivity contribution is -0.140. The Morgan fingerprint density at radius 1 is 1.02 bits per heavy atom. The topological polar surface area (TPSA) is 156 Å². The summed E-state index contributed by atoms with van der Waals surface area (Å²) in [5.74, 6) is -0.0464. The SMILES string of the molecule is COc1ccc2c(O[C@@H]3CC4C(=O)N[C@]5(P(C)(=O)O)CC5C=CCCCCC[C@H](NC(=O)OC5CCCC5)C(=O)N4C3)cc(-c3ccccc3)nc2c1. The Morgan fingerprint density at radius 3 is 2.55 bits per heavy atom. The lowest BCUT2D eigenvalue weighted by Crippen LogP contribution is -2.55.